The molecule has 0 saturated carbocycles. The molecule has 0 amide bonds. The summed E-state index contributed by atoms with van der Waals surface area (Å²) in [7, 11) is 3.77. The minimum Gasteiger partial charge on any atom is -0.378 e. The number of halogens is 1. The van der Waals surface area contributed by atoms with Gasteiger partial charge in [0, 0.05) is 33.7 Å². The Kier molecular flexibility index (Phi) is 6.22. The van der Waals surface area contributed by atoms with E-state index >= 15 is 0 Å². The normalized spacial score (nSPS) is 14.4. The topological polar surface area (TPSA) is 105 Å². The maximum absolute atomic E-state index is 5.99. The largest absolute Gasteiger partial charge is 0.378 e. The molecule has 2 aromatic rings. The molecule has 1 fully saturated rings. The van der Waals surface area contributed by atoms with Gasteiger partial charge in [-0.1, -0.05) is 0 Å². The van der Waals surface area contributed by atoms with Gasteiger partial charge in [-0.2, -0.15) is 29.9 Å². The van der Waals surface area contributed by atoms with Gasteiger partial charge in [0.05, 0.1) is 13.2 Å². The van der Waals surface area contributed by atoms with Gasteiger partial charge < -0.3 is 19.9 Å². The van der Waals surface area contributed by atoms with E-state index in [-0.39, 0.29) is 5.28 Å². The molecule has 0 radical (unpaired) electrons. The molecule has 0 atom stereocenters. The van der Waals surface area contributed by atoms with Crippen molar-refractivity contribution in [1.29, 1.82) is 0 Å². The highest BCUT2D eigenvalue weighted by atomic mass is 35.5. The molecular formula is C14H20ClN9OS. The zero-order chi connectivity index (χ0) is 18.5. The molecule has 0 unspecified atom stereocenters. The Bertz CT molecular complexity index is 757. The van der Waals surface area contributed by atoms with Gasteiger partial charge >= 0.3 is 0 Å². The molecule has 1 aliphatic heterocycles. The van der Waals surface area contributed by atoms with Crippen LogP contribution in [0.1, 0.15) is 6.92 Å². The molecule has 3 rings (SSSR count). The zero-order valence-corrected chi connectivity index (χ0v) is 16.4. The number of aromatic nitrogens is 6. The zero-order valence-electron chi connectivity index (χ0n) is 14.8. The molecular weight excluding hydrogens is 378 g/mol. The summed E-state index contributed by atoms with van der Waals surface area (Å²) in [5.74, 6) is 1.60. The first kappa shape index (κ1) is 18.8. The van der Waals surface area contributed by atoms with Crippen LogP contribution in [0, 0.1) is 0 Å². The van der Waals surface area contributed by atoms with Crippen molar-refractivity contribution in [3.8, 4) is 0 Å². The van der Waals surface area contributed by atoms with Crippen molar-refractivity contribution in [2.24, 2.45) is 0 Å². The quantitative estimate of drug-likeness (QED) is 0.759. The molecule has 1 N–H and O–H groups in total. The first-order valence-corrected chi connectivity index (χ1v) is 9.34. The SMILES string of the molecule is CCNc1nc(Cl)nc(Sc2nc(N(C)C)nc(N3CCOCC3)n2)n1. The van der Waals surface area contributed by atoms with Crippen molar-refractivity contribution in [2.45, 2.75) is 17.2 Å². The Morgan fingerprint density at radius 1 is 1.08 bits per heavy atom. The van der Waals surface area contributed by atoms with Crippen LogP contribution in [0.2, 0.25) is 5.28 Å². The highest BCUT2D eigenvalue weighted by molar-refractivity contribution is 7.99. The van der Waals surface area contributed by atoms with Gasteiger partial charge in [0.25, 0.3) is 0 Å². The molecule has 140 valence electrons. The van der Waals surface area contributed by atoms with Gasteiger partial charge in [-0.15, -0.1) is 0 Å². The maximum atomic E-state index is 5.99. The van der Waals surface area contributed by atoms with Crippen LogP contribution in [0.5, 0.6) is 0 Å². The van der Waals surface area contributed by atoms with Crippen LogP contribution in [0.25, 0.3) is 0 Å². The summed E-state index contributed by atoms with van der Waals surface area (Å²) in [4.78, 5) is 30.0. The minimum atomic E-state index is 0.119. The Morgan fingerprint density at radius 3 is 2.50 bits per heavy atom. The number of ether oxygens (including phenoxy) is 1. The molecule has 2 aromatic heterocycles. The van der Waals surface area contributed by atoms with E-state index in [1.807, 2.05) is 25.9 Å². The van der Waals surface area contributed by atoms with E-state index < -0.39 is 0 Å². The summed E-state index contributed by atoms with van der Waals surface area (Å²) in [5, 5.41) is 4.06. The molecule has 0 bridgehead atoms. The number of anilines is 3. The van der Waals surface area contributed by atoms with Gasteiger partial charge in [-0.05, 0) is 30.3 Å². The predicted molar refractivity (Wildman–Crippen MR) is 100 cm³/mol. The smallest absolute Gasteiger partial charge is 0.231 e. The lowest BCUT2D eigenvalue weighted by atomic mass is 10.4. The summed E-state index contributed by atoms with van der Waals surface area (Å²) in [6.45, 7) is 5.42. The summed E-state index contributed by atoms with van der Waals surface area (Å²) >= 11 is 7.21. The summed E-state index contributed by atoms with van der Waals surface area (Å²) in [5.41, 5.74) is 0. The first-order valence-electron chi connectivity index (χ1n) is 8.14. The Morgan fingerprint density at radius 2 is 1.81 bits per heavy atom. The van der Waals surface area contributed by atoms with E-state index in [4.69, 9.17) is 16.3 Å². The number of hydrogen-bond donors (Lipinski definition) is 1. The summed E-state index contributed by atoms with van der Waals surface area (Å²) in [6.07, 6.45) is 0. The lowest BCUT2D eigenvalue weighted by molar-refractivity contribution is 0.122. The Balaban J connectivity index is 1.90. The molecule has 10 nitrogen and oxygen atoms in total. The Labute approximate surface area is 160 Å². The second-order valence-electron chi connectivity index (χ2n) is 5.55. The Hall–Kier alpha value is -1.98. The van der Waals surface area contributed by atoms with Crippen molar-refractivity contribution in [2.75, 3.05) is 62.1 Å². The molecule has 1 aliphatic rings. The fraction of sp³-hybridized carbons (Fsp3) is 0.571. The van der Waals surface area contributed by atoms with E-state index in [9.17, 15) is 0 Å². The molecule has 0 aromatic carbocycles. The van der Waals surface area contributed by atoms with Crippen LogP contribution in [0.3, 0.4) is 0 Å². The second-order valence-corrected chi connectivity index (χ2v) is 6.83. The van der Waals surface area contributed by atoms with E-state index in [1.54, 1.807) is 0 Å². The average Bonchev–Trinajstić information content (AvgIpc) is 2.62. The third-order valence-corrected chi connectivity index (χ3v) is 4.29. The highest BCUT2D eigenvalue weighted by Gasteiger charge is 2.18. The third-order valence-electron chi connectivity index (χ3n) is 3.39. The van der Waals surface area contributed by atoms with Gasteiger partial charge in [0.15, 0.2) is 0 Å². The van der Waals surface area contributed by atoms with Crippen LogP contribution >= 0.6 is 23.4 Å². The van der Waals surface area contributed by atoms with E-state index in [2.05, 4.69) is 40.1 Å². The average molecular weight is 398 g/mol. The lowest BCUT2D eigenvalue weighted by Crippen LogP contribution is -2.37. The minimum absolute atomic E-state index is 0.119. The number of nitrogens with one attached hydrogen (secondary N) is 1. The maximum Gasteiger partial charge on any atom is 0.231 e. The van der Waals surface area contributed by atoms with Gasteiger partial charge in [-0.25, -0.2) is 0 Å². The van der Waals surface area contributed by atoms with Crippen molar-refractivity contribution in [3.63, 3.8) is 0 Å². The molecule has 0 aliphatic carbocycles. The number of morpholine rings is 1. The number of hydrogen-bond acceptors (Lipinski definition) is 11. The monoisotopic (exact) mass is 397 g/mol. The van der Waals surface area contributed by atoms with E-state index in [0.717, 1.165) is 13.1 Å². The summed E-state index contributed by atoms with van der Waals surface area (Å²) in [6, 6.07) is 0. The second kappa shape index (κ2) is 8.60. The fourth-order valence-electron chi connectivity index (χ4n) is 2.18. The van der Waals surface area contributed by atoms with Crippen LogP contribution in [-0.4, -0.2) is 76.8 Å². The van der Waals surface area contributed by atoms with Crippen molar-refractivity contribution >= 4 is 41.2 Å². The highest BCUT2D eigenvalue weighted by Crippen LogP contribution is 2.26. The van der Waals surface area contributed by atoms with Gasteiger partial charge in [0.1, 0.15) is 0 Å². The van der Waals surface area contributed by atoms with Crippen molar-refractivity contribution in [3.05, 3.63) is 5.28 Å². The van der Waals surface area contributed by atoms with Crippen molar-refractivity contribution < 1.29 is 4.74 Å². The molecule has 3 heterocycles. The third kappa shape index (κ3) is 4.80. The van der Waals surface area contributed by atoms with Gasteiger partial charge in [0.2, 0.25) is 33.4 Å². The van der Waals surface area contributed by atoms with Crippen LogP contribution in [0.15, 0.2) is 10.3 Å². The van der Waals surface area contributed by atoms with E-state index in [1.165, 1.54) is 11.8 Å². The number of nitrogens with zero attached hydrogens (tertiary/aromatic N) is 8. The van der Waals surface area contributed by atoms with Crippen LogP contribution in [-0.2, 0) is 4.74 Å². The van der Waals surface area contributed by atoms with Crippen molar-refractivity contribution in [1.82, 2.24) is 29.9 Å². The number of rotatable bonds is 6. The predicted octanol–water partition coefficient (Wildman–Crippen LogP) is 1.20. The standard InChI is InChI=1S/C14H20ClN9OS/c1-4-16-10-17-9(15)18-13(19-10)26-14-21-11(23(2)3)20-12(22-14)24-5-7-25-8-6-24/h4-8H2,1-3H3,(H,16,17,18,19). The molecule has 0 spiro atoms. The molecule has 1 saturated heterocycles. The summed E-state index contributed by atoms with van der Waals surface area (Å²) < 4.78 is 5.40. The van der Waals surface area contributed by atoms with Gasteiger partial charge in [-0.3, -0.25) is 0 Å². The van der Waals surface area contributed by atoms with E-state index in [0.29, 0.717) is 47.9 Å². The molecule has 26 heavy (non-hydrogen) atoms. The van der Waals surface area contributed by atoms with Crippen LogP contribution in [0.4, 0.5) is 17.8 Å². The lowest BCUT2D eigenvalue weighted by Gasteiger charge is -2.27. The molecule has 12 heteroatoms. The fourth-order valence-corrected chi connectivity index (χ4v) is 3.07. The van der Waals surface area contributed by atoms with Crippen LogP contribution < -0.4 is 15.1 Å². The first-order chi connectivity index (χ1) is 12.5.